The Morgan fingerprint density at radius 2 is 2.05 bits per heavy atom. The Morgan fingerprint density at radius 3 is 2.79 bits per heavy atom. The van der Waals surface area contributed by atoms with Crippen molar-refractivity contribution in [2.75, 3.05) is 5.32 Å². The van der Waals surface area contributed by atoms with Gasteiger partial charge in [-0.05, 0) is 42.1 Å². The average molecular weight is 276 g/mol. The molecule has 0 aliphatic rings. The highest BCUT2D eigenvalue weighted by atomic mass is 32.2. The van der Waals surface area contributed by atoms with Gasteiger partial charge in [0.2, 0.25) is 11.1 Å². The molecule has 19 heavy (non-hydrogen) atoms. The molecule has 0 saturated carbocycles. The quantitative estimate of drug-likeness (QED) is 0.764. The molecule has 0 spiro atoms. The van der Waals surface area contributed by atoms with E-state index < -0.39 is 0 Å². The highest BCUT2D eigenvalue weighted by Gasteiger charge is 2.06. The summed E-state index contributed by atoms with van der Waals surface area (Å²) in [5.74, 6) is 0.219. The molecule has 0 radical (unpaired) electrons. The maximum Gasteiger partial charge on any atom is 0.223 e. The fourth-order valence-electron chi connectivity index (χ4n) is 1.43. The molecule has 3 rings (SSSR count). The number of rotatable bonds is 4. The highest BCUT2D eigenvalue weighted by molar-refractivity contribution is 7.99. The second-order valence-electron chi connectivity index (χ2n) is 3.66. The van der Waals surface area contributed by atoms with Gasteiger partial charge in [0, 0.05) is 5.69 Å². The summed E-state index contributed by atoms with van der Waals surface area (Å²) in [5, 5.41) is 10.4. The zero-order valence-corrected chi connectivity index (χ0v) is 10.4. The van der Waals surface area contributed by atoms with Crippen molar-refractivity contribution in [3.8, 4) is 0 Å². The number of benzene rings is 1. The van der Waals surface area contributed by atoms with Crippen LogP contribution in [0.25, 0.3) is 0 Å². The summed E-state index contributed by atoms with van der Waals surface area (Å²) in [7, 11) is 0. The van der Waals surface area contributed by atoms with Crippen molar-refractivity contribution in [2.45, 2.75) is 10.1 Å². The lowest BCUT2D eigenvalue weighted by Gasteiger charge is -2.00. The number of hydrogen-bond acceptors (Lipinski definition) is 5. The third-order valence-electron chi connectivity index (χ3n) is 2.28. The van der Waals surface area contributed by atoms with E-state index in [9.17, 15) is 4.39 Å². The van der Waals surface area contributed by atoms with Gasteiger partial charge in [-0.3, -0.25) is 0 Å². The molecular formula is C12H9FN4OS. The molecule has 0 aliphatic heterocycles. The summed E-state index contributed by atoms with van der Waals surface area (Å²) in [6.45, 7) is 0. The Morgan fingerprint density at radius 1 is 1.21 bits per heavy atom. The van der Waals surface area contributed by atoms with E-state index in [0.717, 1.165) is 10.6 Å². The van der Waals surface area contributed by atoms with Crippen LogP contribution >= 0.6 is 11.8 Å². The van der Waals surface area contributed by atoms with Gasteiger partial charge >= 0.3 is 0 Å². The fraction of sp³-hybridized carbons (Fsp3) is 0. The van der Waals surface area contributed by atoms with Crippen LogP contribution in [0.5, 0.6) is 0 Å². The maximum atomic E-state index is 12.8. The van der Waals surface area contributed by atoms with Crippen molar-refractivity contribution in [1.82, 2.24) is 15.2 Å². The van der Waals surface area contributed by atoms with Crippen LogP contribution in [0.4, 0.5) is 16.0 Å². The van der Waals surface area contributed by atoms with Gasteiger partial charge in [-0.2, -0.15) is 4.98 Å². The van der Waals surface area contributed by atoms with E-state index in [0.29, 0.717) is 11.1 Å². The lowest BCUT2D eigenvalue weighted by molar-refractivity contribution is 0.562. The standard InChI is InChI=1S/C12H9FN4OS/c13-8-1-3-9(4-2-8)14-11-15-12(17-16-11)19-10-5-6-18-7-10/h1-7H,(H2,14,15,16,17). The zero-order chi connectivity index (χ0) is 13.1. The lowest BCUT2D eigenvalue weighted by atomic mass is 10.3. The highest BCUT2D eigenvalue weighted by Crippen LogP contribution is 2.25. The first kappa shape index (κ1) is 11.8. The molecule has 0 aliphatic carbocycles. The second kappa shape index (κ2) is 5.15. The number of nitrogens with zero attached hydrogens (tertiary/aromatic N) is 2. The van der Waals surface area contributed by atoms with E-state index in [-0.39, 0.29) is 5.82 Å². The van der Waals surface area contributed by atoms with E-state index in [1.807, 2.05) is 6.07 Å². The molecule has 2 heterocycles. The summed E-state index contributed by atoms with van der Waals surface area (Å²) in [6, 6.07) is 7.83. The summed E-state index contributed by atoms with van der Waals surface area (Å²) in [5.41, 5.74) is 0.734. The van der Waals surface area contributed by atoms with Gasteiger partial charge in [0.15, 0.2) is 0 Å². The van der Waals surface area contributed by atoms with Crippen LogP contribution in [0.2, 0.25) is 0 Å². The summed E-state index contributed by atoms with van der Waals surface area (Å²) in [6.07, 6.45) is 3.21. The van der Waals surface area contributed by atoms with E-state index in [1.165, 1.54) is 23.9 Å². The number of aromatic amines is 1. The molecule has 0 saturated heterocycles. The SMILES string of the molecule is Fc1ccc(Nc2nc(Sc3ccoc3)n[nH]2)cc1. The normalized spacial score (nSPS) is 10.6. The van der Waals surface area contributed by atoms with Crippen molar-refractivity contribution in [3.63, 3.8) is 0 Å². The van der Waals surface area contributed by atoms with Crippen molar-refractivity contribution < 1.29 is 8.81 Å². The van der Waals surface area contributed by atoms with E-state index >= 15 is 0 Å². The van der Waals surface area contributed by atoms with Crippen molar-refractivity contribution in [1.29, 1.82) is 0 Å². The zero-order valence-electron chi connectivity index (χ0n) is 9.63. The maximum absolute atomic E-state index is 12.8. The Balaban J connectivity index is 1.69. The number of aromatic nitrogens is 3. The number of anilines is 2. The van der Waals surface area contributed by atoms with Crippen LogP contribution in [0.3, 0.4) is 0 Å². The Labute approximate surface area is 112 Å². The van der Waals surface area contributed by atoms with E-state index in [1.54, 1.807) is 24.7 Å². The Kier molecular flexibility index (Phi) is 3.20. The minimum atomic E-state index is -0.278. The van der Waals surface area contributed by atoms with Crippen molar-refractivity contribution >= 4 is 23.4 Å². The van der Waals surface area contributed by atoms with Crippen LogP contribution in [0.1, 0.15) is 0 Å². The molecule has 1 aromatic carbocycles. The molecule has 2 N–H and O–H groups in total. The Hall–Kier alpha value is -2.28. The molecule has 0 amide bonds. The van der Waals surface area contributed by atoms with Crippen LogP contribution in [0.15, 0.2) is 57.3 Å². The fourth-order valence-corrected chi connectivity index (χ4v) is 2.10. The smallest absolute Gasteiger partial charge is 0.223 e. The van der Waals surface area contributed by atoms with Crippen LogP contribution in [0, 0.1) is 5.82 Å². The average Bonchev–Trinajstić information content (AvgIpc) is 3.05. The van der Waals surface area contributed by atoms with Crippen LogP contribution in [-0.4, -0.2) is 15.2 Å². The van der Waals surface area contributed by atoms with Gasteiger partial charge in [0.05, 0.1) is 11.2 Å². The first-order valence-electron chi connectivity index (χ1n) is 5.45. The molecule has 96 valence electrons. The van der Waals surface area contributed by atoms with Gasteiger partial charge in [0.25, 0.3) is 0 Å². The number of H-pyrrole nitrogens is 1. The van der Waals surface area contributed by atoms with Gasteiger partial charge in [0.1, 0.15) is 12.1 Å². The second-order valence-corrected chi connectivity index (χ2v) is 4.70. The lowest BCUT2D eigenvalue weighted by Crippen LogP contribution is -1.92. The van der Waals surface area contributed by atoms with E-state index in [4.69, 9.17) is 4.42 Å². The summed E-state index contributed by atoms with van der Waals surface area (Å²) in [4.78, 5) is 5.18. The first-order valence-corrected chi connectivity index (χ1v) is 6.26. The molecule has 0 unspecified atom stereocenters. The molecule has 0 atom stereocenters. The predicted octanol–water partition coefficient (Wildman–Crippen LogP) is 3.43. The van der Waals surface area contributed by atoms with Crippen LogP contribution < -0.4 is 5.32 Å². The minimum Gasteiger partial charge on any atom is -0.471 e. The molecule has 0 bridgehead atoms. The summed E-state index contributed by atoms with van der Waals surface area (Å²) < 4.78 is 17.7. The monoisotopic (exact) mass is 276 g/mol. The molecule has 2 aromatic heterocycles. The summed E-state index contributed by atoms with van der Waals surface area (Å²) >= 11 is 1.38. The van der Waals surface area contributed by atoms with Crippen molar-refractivity contribution in [2.24, 2.45) is 0 Å². The number of hydrogen-bond donors (Lipinski definition) is 2. The van der Waals surface area contributed by atoms with E-state index in [2.05, 4.69) is 20.5 Å². The molecule has 5 nitrogen and oxygen atoms in total. The van der Waals surface area contributed by atoms with Crippen LogP contribution in [-0.2, 0) is 0 Å². The Bertz CT molecular complexity index is 651. The molecule has 0 fully saturated rings. The van der Waals surface area contributed by atoms with Gasteiger partial charge in [-0.15, -0.1) is 5.10 Å². The predicted molar refractivity (Wildman–Crippen MR) is 68.9 cm³/mol. The molecule has 7 heteroatoms. The molecule has 3 aromatic rings. The number of furan rings is 1. The number of nitrogens with one attached hydrogen (secondary N) is 2. The van der Waals surface area contributed by atoms with Gasteiger partial charge in [-0.25, -0.2) is 9.49 Å². The molecular weight excluding hydrogens is 267 g/mol. The topological polar surface area (TPSA) is 66.7 Å². The third kappa shape index (κ3) is 2.94. The first-order chi connectivity index (χ1) is 9.29. The van der Waals surface area contributed by atoms with Crippen molar-refractivity contribution in [3.05, 3.63) is 48.7 Å². The largest absolute Gasteiger partial charge is 0.471 e. The minimum absolute atomic E-state index is 0.278. The third-order valence-corrected chi connectivity index (χ3v) is 3.11. The number of halogens is 1. The van der Waals surface area contributed by atoms with Gasteiger partial charge in [-0.1, -0.05) is 0 Å². The van der Waals surface area contributed by atoms with Gasteiger partial charge < -0.3 is 9.73 Å².